The van der Waals surface area contributed by atoms with Crippen LogP contribution in [0.15, 0.2) is 48.5 Å². The van der Waals surface area contributed by atoms with Gasteiger partial charge in [0.05, 0.1) is 6.61 Å². The number of aryl methyl sites for hydroxylation is 1. The highest BCUT2D eigenvalue weighted by Crippen LogP contribution is 2.27. The standard InChI is InChI=1S/C24H28N2O3/c27-23(26-16-6-10-19-8-1-2-12-22(19)26)13-7-17-29-21-11-5-9-20(18-21)24(28)25-14-3-4-15-25/h1-2,5,8-9,11-12,18H,3-4,6-7,10,13-17H2. The molecule has 0 saturated carbocycles. The van der Waals surface area contributed by atoms with Crippen LogP contribution in [0.1, 0.15) is 48.0 Å². The Morgan fingerprint density at radius 1 is 0.931 bits per heavy atom. The molecular formula is C24H28N2O3. The molecule has 5 nitrogen and oxygen atoms in total. The van der Waals surface area contributed by atoms with Crippen LogP contribution in [0.3, 0.4) is 0 Å². The number of ether oxygens (including phenoxy) is 1. The van der Waals surface area contributed by atoms with E-state index in [1.54, 1.807) is 0 Å². The molecule has 2 aromatic carbocycles. The van der Waals surface area contributed by atoms with Gasteiger partial charge in [-0.05, 0) is 61.9 Å². The minimum Gasteiger partial charge on any atom is -0.494 e. The predicted molar refractivity (Wildman–Crippen MR) is 113 cm³/mol. The first-order chi connectivity index (χ1) is 14.2. The minimum atomic E-state index is 0.0758. The number of amides is 2. The van der Waals surface area contributed by atoms with Crippen LogP contribution in [0.4, 0.5) is 5.69 Å². The Morgan fingerprint density at radius 2 is 1.76 bits per heavy atom. The monoisotopic (exact) mass is 392 g/mol. The molecular weight excluding hydrogens is 364 g/mol. The van der Waals surface area contributed by atoms with Crippen LogP contribution in [0.2, 0.25) is 0 Å². The molecule has 1 fully saturated rings. The van der Waals surface area contributed by atoms with Crippen molar-refractivity contribution in [1.29, 1.82) is 0 Å². The molecule has 0 aromatic heterocycles. The van der Waals surface area contributed by atoms with Gasteiger partial charge in [-0.1, -0.05) is 24.3 Å². The van der Waals surface area contributed by atoms with Gasteiger partial charge in [0.15, 0.2) is 0 Å². The Hall–Kier alpha value is -2.82. The van der Waals surface area contributed by atoms with Crippen LogP contribution in [0.25, 0.3) is 0 Å². The van der Waals surface area contributed by atoms with E-state index in [0.29, 0.717) is 30.8 Å². The second-order valence-corrected chi connectivity index (χ2v) is 7.76. The quantitative estimate of drug-likeness (QED) is 0.697. The second-order valence-electron chi connectivity index (χ2n) is 7.76. The molecule has 0 spiro atoms. The van der Waals surface area contributed by atoms with Gasteiger partial charge in [0.1, 0.15) is 5.75 Å². The van der Waals surface area contributed by atoms with Gasteiger partial charge in [-0.15, -0.1) is 0 Å². The Bertz CT molecular complexity index is 874. The molecule has 29 heavy (non-hydrogen) atoms. The summed E-state index contributed by atoms with van der Waals surface area (Å²) >= 11 is 0. The van der Waals surface area contributed by atoms with Crippen molar-refractivity contribution < 1.29 is 14.3 Å². The summed E-state index contributed by atoms with van der Waals surface area (Å²) in [6, 6.07) is 15.5. The van der Waals surface area contributed by atoms with E-state index in [4.69, 9.17) is 4.74 Å². The predicted octanol–water partition coefficient (Wildman–Crippen LogP) is 4.06. The molecule has 1 saturated heterocycles. The Balaban J connectivity index is 1.27. The fourth-order valence-electron chi connectivity index (χ4n) is 4.16. The molecule has 0 radical (unpaired) electrons. The van der Waals surface area contributed by atoms with Gasteiger partial charge in [-0.25, -0.2) is 0 Å². The molecule has 2 aliphatic heterocycles. The summed E-state index contributed by atoms with van der Waals surface area (Å²) in [7, 11) is 0. The first-order valence-electron chi connectivity index (χ1n) is 10.6. The summed E-state index contributed by atoms with van der Waals surface area (Å²) in [6.45, 7) is 2.93. The molecule has 2 amide bonds. The highest BCUT2D eigenvalue weighted by Gasteiger charge is 2.22. The molecule has 0 atom stereocenters. The average Bonchev–Trinajstić information content (AvgIpc) is 3.31. The van der Waals surface area contributed by atoms with Gasteiger partial charge >= 0.3 is 0 Å². The van der Waals surface area contributed by atoms with Gasteiger partial charge < -0.3 is 14.5 Å². The fourth-order valence-corrected chi connectivity index (χ4v) is 4.16. The van der Waals surface area contributed by atoms with Crippen LogP contribution >= 0.6 is 0 Å². The van der Waals surface area contributed by atoms with Crippen molar-refractivity contribution in [3.8, 4) is 5.75 Å². The van der Waals surface area contributed by atoms with Gasteiger partial charge in [0, 0.05) is 37.3 Å². The Labute approximate surface area is 172 Å². The maximum Gasteiger partial charge on any atom is 0.253 e. The van der Waals surface area contributed by atoms with E-state index >= 15 is 0 Å². The lowest BCUT2D eigenvalue weighted by Crippen LogP contribution is -2.35. The number of fused-ring (bicyclic) bond motifs is 1. The summed E-state index contributed by atoms with van der Waals surface area (Å²) in [5.41, 5.74) is 2.98. The van der Waals surface area contributed by atoms with Crippen molar-refractivity contribution in [3.05, 3.63) is 59.7 Å². The zero-order chi connectivity index (χ0) is 20.1. The van der Waals surface area contributed by atoms with E-state index < -0.39 is 0 Å². The number of hydrogen-bond donors (Lipinski definition) is 0. The molecule has 2 aliphatic rings. The molecule has 2 heterocycles. The molecule has 2 aromatic rings. The van der Waals surface area contributed by atoms with Gasteiger partial charge in [0.25, 0.3) is 5.91 Å². The van der Waals surface area contributed by atoms with Crippen LogP contribution in [0, 0.1) is 0 Å². The molecule has 152 valence electrons. The minimum absolute atomic E-state index is 0.0758. The fraction of sp³-hybridized carbons (Fsp3) is 0.417. The number of hydrogen-bond acceptors (Lipinski definition) is 3. The largest absolute Gasteiger partial charge is 0.494 e. The zero-order valence-corrected chi connectivity index (χ0v) is 16.8. The van der Waals surface area contributed by atoms with Crippen LogP contribution in [-0.2, 0) is 11.2 Å². The first-order valence-corrected chi connectivity index (χ1v) is 10.6. The van der Waals surface area contributed by atoms with Crippen LogP contribution in [-0.4, -0.2) is 43.0 Å². The molecule has 0 aliphatic carbocycles. The third-order valence-electron chi connectivity index (χ3n) is 5.69. The van der Waals surface area contributed by atoms with Crippen molar-refractivity contribution in [3.63, 3.8) is 0 Å². The second kappa shape index (κ2) is 9.12. The number of para-hydroxylation sites is 1. The number of anilines is 1. The topological polar surface area (TPSA) is 49.9 Å². The zero-order valence-electron chi connectivity index (χ0n) is 16.8. The SMILES string of the molecule is O=C(c1cccc(OCCCC(=O)N2CCCc3ccccc32)c1)N1CCCC1. The third-order valence-corrected chi connectivity index (χ3v) is 5.69. The number of carbonyl (C=O) groups excluding carboxylic acids is 2. The highest BCUT2D eigenvalue weighted by atomic mass is 16.5. The van der Waals surface area contributed by atoms with Gasteiger partial charge in [-0.2, -0.15) is 0 Å². The van der Waals surface area contributed by atoms with E-state index in [-0.39, 0.29) is 11.8 Å². The molecule has 0 N–H and O–H groups in total. The lowest BCUT2D eigenvalue weighted by Gasteiger charge is -2.29. The van der Waals surface area contributed by atoms with Crippen LogP contribution in [0.5, 0.6) is 5.75 Å². The van der Waals surface area contributed by atoms with Crippen molar-refractivity contribution in [2.24, 2.45) is 0 Å². The van der Waals surface area contributed by atoms with Crippen molar-refractivity contribution in [2.75, 3.05) is 31.1 Å². The molecule has 5 heteroatoms. The van der Waals surface area contributed by atoms with Gasteiger partial charge in [0.2, 0.25) is 5.91 Å². The first kappa shape index (κ1) is 19.5. The summed E-state index contributed by atoms with van der Waals surface area (Å²) in [6.07, 6.45) is 5.32. The maximum absolute atomic E-state index is 12.7. The smallest absolute Gasteiger partial charge is 0.253 e. The lowest BCUT2D eigenvalue weighted by atomic mass is 10.0. The maximum atomic E-state index is 12.7. The summed E-state index contributed by atoms with van der Waals surface area (Å²) in [5.74, 6) is 0.913. The third kappa shape index (κ3) is 4.61. The summed E-state index contributed by atoms with van der Waals surface area (Å²) in [5, 5.41) is 0. The lowest BCUT2D eigenvalue weighted by molar-refractivity contribution is -0.118. The van der Waals surface area contributed by atoms with E-state index in [9.17, 15) is 9.59 Å². The summed E-state index contributed by atoms with van der Waals surface area (Å²) in [4.78, 5) is 29.0. The van der Waals surface area contributed by atoms with E-state index in [0.717, 1.165) is 51.0 Å². The van der Waals surface area contributed by atoms with E-state index in [1.807, 2.05) is 52.3 Å². The molecule has 0 bridgehead atoms. The Kier molecular flexibility index (Phi) is 6.13. The number of benzene rings is 2. The highest BCUT2D eigenvalue weighted by molar-refractivity contribution is 5.95. The molecule has 0 unspecified atom stereocenters. The van der Waals surface area contributed by atoms with E-state index in [1.165, 1.54) is 5.56 Å². The number of rotatable bonds is 6. The van der Waals surface area contributed by atoms with Crippen molar-refractivity contribution in [1.82, 2.24) is 4.90 Å². The van der Waals surface area contributed by atoms with Crippen molar-refractivity contribution >= 4 is 17.5 Å². The number of likely N-dealkylation sites (tertiary alicyclic amines) is 1. The van der Waals surface area contributed by atoms with Crippen molar-refractivity contribution in [2.45, 2.75) is 38.5 Å². The summed E-state index contributed by atoms with van der Waals surface area (Å²) < 4.78 is 5.83. The van der Waals surface area contributed by atoms with E-state index in [2.05, 4.69) is 6.07 Å². The molecule has 4 rings (SSSR count). The normalized spacial score (nSPS) is 15.9. The number of nitrogens with zero attached hydrogens (tertiary/aromatic N) is 2. The van der Waals surface area contributed by atoms with Gasteiger partial charge in [-0.3, -0.25) is 9.59 Å². The number of carbonyl (C=O) groups is 2. The Morgan fingerprint density at radius 3 is 2.62 bits per heavy atom. The van der Waals surface area contributed by atoms with Crippen LogP contribution < -0.4 is 9.64 Å². The average molecular weight is 392 g/mol.